The number of aliphatic hydroxyl groups is 1. The molecule has 2 unspecified atom stereocenters. The molecule has 0 heterocycles. The quantitative estimate of drug-likeness (QED) is 0.800. The van der Waals surface area contributed by atoms with Crippen LogP contribution in [0.1, 0.15) is 37.4 Å². The number of nitrogens with one attached hydrogen (secondary N) is 1. The van der Waals surface area contributed by atoms with Gasteiger partial charge in [-0.3, -0.25) is 0 Å². The van der Waals surface area contributed by atoms with E-state index < -0.39 is 6.10 Å². The van der Waals surface area contributed by atoms with Gasteiger partial charge in [0.25, 0.3) is 0 Å². The molecule has 0 saturated carbocycles. The van der Waals surface area contributed by atoms with Crippen molar-refractivity contribution in [1.82, 2.24) is 5.32 Å². The maximum absolute atomic E-state index is 9.93. The second-order valence-corrected chi connectivity index (χ2v) is 6.75. The lowest BCUT2D eigenvalue weighted by Crippen LogP contribution is -2.32. The first-order valence-corrected chi connectivity index (χ1v) is 8.13. The number of fused-ring (bicyclic) bond motifs is 1. The molecule has 2 rings (SSSR count). The number of rotatable bonds is 7. The van der Waals surface area contributed by atoms with Crippen molar-refractivity contribution >= 4 is 15.9 Å². The Kier molecular flexibility index (Phi) is 6.02. The second kappa shape index (κ2) is 7.55. The molecular formula is C16H24BrNO2. The Hall–Kier alpha value is -0.420. The van der Waals surface area contributed by atoms with Crippen LogP contribution in [0.25, 0.3) is 0 Å². The van der Waals surface area contributed by atoms with Crippen molar-refractivity contribution in [3.05, 3.63) is 33.8 Å². The Labute approximate surface area is 129 Å². The zero-order chi connectivity index (χ0) is 14.5. The van der Waals surface area contributed by atoms with Crippen LogP contribution in [0.2, 0.25) is 0 Å². The van der Waals surface area contributed by atoms with Crippen LogP contribution in [0.4, 0.5) is 0 Å². The molecule has 4 heteroatoms. The molecule has 3 nitrogen and oxygen atoms in total. The minimum Gasteiger partial charge on any atom is -0.389 e. The molecule has 0 radical (unpaired) electrons. The van der Waals surface area contributed by atoms with Gasteiger partial charge >= 0.3 is 0 Å². The summed E-state index contributed by atoms with van der Waals surface area (Å²) in [5.41, 5.74) is 2.75. The summed E-state index contributed by atoms with van der Waals surface area (Å²) in [6, 6.07) is 6.69. The average molecular weight is 342 g/mol. The first kappa shape index (κ1) is 16.0. The summed E-state index contributed by atoms with van der Waals surface area (Å²) in [6.45, 7) is 5.91. The summed E-state index contributed by atoms with van der Waals surface area (Å²) in [4.78, 5) is 0. The van der Waals surface area contributed by atoms with Crippen molar-refractivity contribution in [2.45, 2.75) is 38.8 Å². The fourth-order valence-electron chi connectivity index (χ4n) is 2.60. The summed E-state index contributed by atoms with van der Waals surface area (Å²) >= 11 is 3.61. The van der Waals surface area contributed by atoms with E-state index in [4.69, 9.17) is 4.74 Å². The van der Waals surface area contributed by atoms with Gasteiger partial charge in [-0.1, -0.05) is 41.9 Å². The first-order chi connectivity index (χ1) is 9.58. The third-order valence-electron chi connectivity index (χ3n) is 3.57. The van der Waals surface area contributed by atoms with E-state index in [1.807, 2.05) is 0 Å². The van der Waals surface area contributed by atoms with Gasteiger partial charge < -0.3 is 15.2 Å². The summed E-state index contributed by atoms with van der Waals surface area (Å²) < 4.78 is 6.66. The third kappa shape index (κ3) is 4.29. The number of hydrogen-bond acceptors (Lipinski definition) is 3. The van der Waals surface area contributed by atoms with E-state index >= 15 is 0 Å². The Balaban J connectivity index is 1.77. The van der Waals surface area contributed by atoms with Gasteiger partial charge in [0, 0.05) is 23.7 Å². The summed E-state index contributed by atoms with van der Waals surface area (Å²) in [5.74, 6) is 0.509. The molecule has 0 saturated heterocycles. The molecule has 2 N–H and O–H groups in total. The van der Waals surface area contributed by atoms with Crippen molar-refractivity contribution in [2.24, 2.45) is 5.92 Å². The minimum absolute atomic E-state index is 0.349. The Morgan fingerprint density at radius 3 is 2.95 bits per heavy atom. The van der Waals surface area contributed by atoms with Crippen molar-refractivity contribution in [3.63, 3.8) is 0 Å². The highest BCUT2D eigenvalue weighted by Crippen LogP contribution is 2.35. The van der Waals surface area contributed by atoms with Crippen molar-refractivity contribution in [2.75, 3.05) is 19.8 Å². The molecule has 0 aliphatic heterocycles. The van der Waals surface area contributed by atoms with Gasteiger partial charge in [-0.25, -0.2) is 0 Å². The summed E-state index contributed by atoms with van der Waals surface area (Å²) in [5, 5.41) is 13.4. The predicted molar refractivity (Wildman–Crippen MR) is 84.9 cm³/mol. The number of aliphatic hydroxyl groups excluding tert-OH is 1. The molecule has 2 atom stereocenters. The fraction of sp³-hybridized carbons (Fsp3) is 0.625. The van der Waals surface area contributed by atoms with Gasteiger partial charge in [0.15, 0.2) is 0 Å². The molecule has 0 bridgehead atoms. The van der Waals surface area contributed by atoms with Crippen LogP contribution in [0.15, 0.2) is 22.7 Å². The number of ether oxygens (including phenoxy) is 1. The van der Waals surface area contributed by atoms with Crippen LogP contribution in [-0.2, 0) is 11.2 Å². The van der Waals surface area contributed by atoms with E-state index in [2.05, 4.69) is 53.3 Å². The highest BCUT2D eigenvalue weighted by atomic mass is 79.9. The maximum Gasteiger partial charge on any atom is 0.0897 e. The minimum atomic E-state index is -0.440. The first-order valence-electron chi connectivity index (χ1n) is 7.34. The molecule has 1 aliphatic rings. The van der Waals surface area contributed by atoms with Gasteiger partial charge in [0.2, 0.25) is 0 Å². The lowest BCUT2D eigenvalue weighted by Gasteiger charge is -2.18. The monoisotopic (exact) mass is 341 g/mol. The normalized spacial score (nSPS) is 19.4. The Morgan fingerprint density at radius 1 is 1.40 bits per heavy atom. The largest absolute Gasteiger partial charge is 0.389 e. The molecule has 1 aromatic carbocycles. The molecule has 1 aliphatic carbocycles. The van der Waals surface area contributed by atoms with E-state index in [1.165, 1.54) is 15.6 Å². The van der Waals surface area contributed by atoms with Crippen molar-refractivity contribution < 1.29 is 9.84 Å². The molecule has 0 aromatic heterocycles. The lowest BCUT2D eigenvalue weighted by molar-refractivity contribution is 0.0250. The fourth-order valence-corrected chi connectivity index (χ4v) is 3.18. The highest BCUT2D eigenvalue weighted by molar-refractivity contribution is 9.10. The van der Waals surface area contributed by atoms with Crippen LogP contribution >= 0.6 is 15.9 Å². The molecule has 0 spiro atoms. The molecule has 112 valence electrons. The van der Waals surface area contributed by atoms with Crippen LogP contribution in [0.3, 0.4) is 0 Å². The summed E-state index contributed by atoms with van der Waals surface area (Å²) in [7, 11) is 0. The molecule has 0 fully saturated rings. The van der Waals surface area contributed by atoms with Gasteiger partial charge in [0.05, 0.1) is 12.7 Å². The van der Waals surface area contributed by atoms with Crippen LogP contribution in [0, 0.1) is 5.92 Å². The standard InChI is InChI=1S/C16H24BrNO2/c1-11(2)9-20-10-12(19)8-18-16-7-6-13-14(16)4-3-5-15(13)17/h3-5,11-12,16,18-19H,6-10H2,1-2H3. The Bertz CT molecular complexity index is 436. The zero-order valence-corrected chi connectivity index (χ0v) is 13.8. The molecular weight excluding hydrogens is 318 g/mol. The molecule has 1 aromatic rings. The highest BCUT2D eigenvalue weighted by Gasteiger charge is 2.23. The molecule has 20 heavy (non-hydrogen) atoms. The van der Waals surface area contributed by atoms with Crippen LogP contribution in [-0.4, -0.2) is 31.0 Å². The van der Waals surface area contributed by atoms with Crippen LogP contribution in [0.5, 0.6) is 0 Å². The van der Waals surface area contributed by atoms with Gasteiger partial charge in [0.1, 0.15) is 0 Å². The number of halogens is 1. The van der Waals surface area contributed by atoms with Crippen molar-refractivity contribution in [3.8, 4) is 0 Å². The number of benzene rings is 1. The van der Waals surface area contributed by atoms with E-state index in [9.17, 15) is 5.11 Å². The van der Waals surface area contributed by atoms with E-state index in [0.29, 0.717) is 31.7 Å². The Morgan fingerprint density at radius 2 is 2.20 bits per heavy atom. The third-order valence-corrected chi connectivity index (χ3v) is 4.32. The van der Waals surface area contributed by atoms with E-state index in [1.54, 1.807) is 0 Å². The van der Waals surface area contributed by atoms with E-state index in [-0.39, 0.29) is 0 Å². The van der Waals surface area contributed by atoms with E-state index in [0.717, 1.165) is 12.8 Å². The topological polar surface area (TPSA) is 41.5 Å². The van der Waals surface area contributed by atoms with Crippen LogP contribution < -0.4 is 5.32 Å². The second-order valence-electron chi connectivity index (χ2n) is 5.89. The number of hydrogen-bond donors (Lipinski definition) is 2. The van der Waals surface area contributed by atoms with Gasteiger partial charge in [-0.05, 0) is 36.0 Å². The maximum atomic E-state index is 9.93. The SMILES string of the molecule is CC(C)COCC(O)CNC1CCc2c(Br)cccc21. The lowest BCUT2D eigenvalue weighted by atomic mass is 10.1. The smallest absolute Gasteiger partial charge is 0.0897 e. The van der Waals surface area contributed by atoms with Crippen molar-refractivity contribution in [1.29, 1.82) is 0 Å². The van der Waals surface area contributed by atoms with Gasteiger partial charge in [-0.2, -0.15) is 0 Å². The summed E-state index contributed by atoms with van der Waals surface area (Å²) in [6.07, 6.45) is 1.75. The zero-order valence-electron chi connectivity index (χ0n) is 12.2. The average Bonchev–Trinajstić information content (AvgIpc) is 2.80. The predicted octanol–water partition coefficient (Wildman–Crippen LogP) is 3.06. The molecule has 0 amide bonds. The van der Waals surface area contributed by atoms with Gasteiger partial charge in [-0.15, -0.1) is 0 Å².